The molecule has 3 heterocycles. The van der Waals surface area contributed by atoms with E-state index in [0.29, 0.717) is 13.1 Å². The molecule has 1 aromatic rings. The lowest BCUT2D eigenvalue weighted by molar-refractivity contribution is -0.0422. The first-order valence-corrected chi connectivity index (χ1v) is 8.22. The summed E-state index contributed by atoms with van der Waals surface area (Å²) in [7, 11) is 0. The third-order valence-corrected chi connectivity index (χ3v) is 5.32. The van der Waals surface area contributed by atoms with Gasteiger partial charge in [0.1, 0.15) is 0 Å². The molecule has 2 fully saturated rings. The highest BCUT2D eigenvalue weighted by Crippen LogP contribution is 2.43. The molecule has 1 N–H and O–H groups in total. The van der Waals surface area contributed by atoms with E-state index in [0.717, 1.165) is 37.1 Å². The maximum absolute atomic E-state index is 12.6. The summed E-state index contributed by atoms with van der Waals surface area (Å²) in [6.07, 6.45) is 9.90. The Morgan fingerprint density at radius 2 is 2.24 bits per heavy atom. The minimum atomic E-state index is 0.137. The summed E-state index contributed by atoms with van der Waals surface area (Å²) in [5.41, 5.74) is 2.09. The van der Waals surface area contributed by atoms with Gasteiger partial charge in [0, 0.05) is 12.1 Å². The van der Waals surface area contributed by atoms with Gasteiger partial charge in [-0.25, -0.2) is 4.98 Å². The molecule has 1 unspecified atom stereocenters. The molecule has 0 amide bonds. The number of hydrogen-bond donors (Lipinski definition) is 1. The third-order valence-electron chi connectivity index (χ3n) is 5.32. The highest BCUT2D eigenvalue weighted by molar-refractivity contribution is 5.19. The Morgan fingerprint density at radius 3 is 3.10 bits per heavy atom. The minimum Gasteiger partial charge on any atom is -0.370 e. The minimum absolute atomic E-state index is 0.137. The molecule has 114 valence electrons. The summed E-state index contributed by atoms with van der Waals surface area (Å²) in [6.45, 7) is 2.25. The van der Waals surface area contributed by atoms with Gasteiger partial charge in [-0.2, -0.15) is 0 Å². The zero-order chi connectivity index (χ0) is 14.3. The van der Waals surface area contributed by atoms with Crippen molar-refractivity contribution < 1.29 is 4.74 Å². The zero-order valence-electron chi connectivity index (χ0n) is 12.4. The van der Waals surface area contributed by atoms with E-state index in [1.807, 2.05) is 0 Å². The van der Waals surface area contributed by atoms with Crippen LogP contribution in [0.3, 0.4) is 0 Å². The topological polar surface area (TPSA) is 56.2 Å². The summed E-state index contributed by atoms with van der Waals surface area (Å²) in [5, 5.41) is 3.26. The summed E-state index contributed by atoms with van der Waals surface area (Å²) in [6, 6.07) is 0. The molecule has 1 spiro atoms. The van der Waals surface area contributed by atoms with Gasteiger partial charge in [-0.15, -0.1) is 0 Å². The molecule has 5 nitrogen and oxygen atoms in total. The second kappa shape index (κ2) is 5.21. The van der Waals surface area contributed by atoms with Gasteiger partial charge >= 0.3 is 0 Å². The second-order valence-corrected chi connectivity index (χ2v) is 6.72. The van der Waals surface area contributed by atoms with E-state index in [1.54, 1.807) is 10.9 Å². The number of ether oxygens (including phenoxy) is 1. The third kappa shape index (κ3) is 2.42. The number of aromatic nitrogens is 2. The summed E-state index contributed by atoms with van der Waals surface area (Å²) < 4.78 is 8.08. The SMILES string of the molecule is O=c1c2c(ncn1CC1CCC3(CCCC3)O1)CNCC2. The van der Waals surface area contributed by atoms with Gasteiger partial charge in [0.05, 0.1) is 30.3 Å². The molecule has 1 aliphatic carbocycles. The fourth-order valence-corrected chi connectivity index (χ4v) is 4.15. The van der Waals surface area contributed by atoms with Crippen molar-refractivity contribution in [3.05, 3.63) is 27.9 Å². The van der Waals surface area contributed by atoms with E-state index < -0.39 is 0 Å². The largest absolute Gasteiger partial charge is 0.370 e. The predicted molar refractivity (Wildman–Crippen MR) is 79.2 cm³/mol. The highest BCUT2D eigenvalue weighted by Gasteiger charge is 2.42. The molecule has 2 aliphatic heterocycles. The van der Waals surface area contributed by atoms with Gasteiger partial charge in [0.15, 0.2) is 0 Å². The van der Waals surface area contributed by atoms with Crippen LogP contribution in [-0.2, 0) is 24.2 Å². The van der Waals surface area contributed by atoms with Gasteiger partial charge in [-0.05, 0) is 38.6 Å². The van der Waals surface area contributed by atoms with Crippen molar-refractivity contribution in [3.63, 3.8) is 0 Å². The first-order valence-electron chi connectivity index (χ1n) is 8.22. The molecule has 5 heteroatoms. The number of hydrogen-bond acceptors (Lipinski definition) is 4. The van der Waals surface area contributed by atoms with Crippen molar-refractivity contribution >= 4 is 0 Å². The van der Waals surface area contributed by atoms with Crippen LogP contribution in [-0.4, -0.2) is 27.8 Å². The Labute approximate surface area is 124 Å². The second-order valence-electron chi connectivity index (χ2n) is 6.72. The van der Waals surface area contributed by atoms with Gasteiger partial charge < -0.3 is 10.1 Å². The molecular formula is C16H23N3O2. The molecule has 21 heavy (non-hydrogen) atoms. The zero-order valence-corrected chi connectivity index (χ0v) is 12.4. The standard InChI is InChI=1S/C16H23N3O2/c20-15-13-4-8-17-9-14(13)18-11-19(15)10-12-3-7-16(21-12)5-1-2-6-16/h11-12,17H,1-10H2. The van der Waals surface area contributed by atoms with Crippen LogP contribution in [0.2, 0.25) is 0 Å². The molecule has 1 saturated heterocycles. The van der Waals surface area contributed by atoms with Crippen molar-refractivity contribution in [1.82, 2.24) is 14.9 Å². The first kappa shape index (κ1) is 13.5. The lowest BCUT2D eigenvalue weighted by Crippen LogP contribution is -2.36. The maximum Gasteiger partial charge on any atom is 0.256 e. The Kier molecular flexibility index (Phi) is 3.34. The normalized spacial score (nSPS) is 27.1. The average Bonchev–Trinajstić information content (AvgIpc) is 3.13. The molecule has 0 radical (unpaired) electrons. The number of fused-ring (bicyclic) bond motifs is 1. The van der Waals surface area contributed by atoms with E-state index in [-0.39, 0.29) is 17.3 Å². The van der Waals surface area contributed by atoms with E-state index in [4.69, 9.17) is 4.74 Å². The van der Waals surface area contributed by atoms with Crippen LogP contribution in [0.4, 0.5) is 0 Å². The van der Waals surface area contributed by atoms with Crippen molar-refractivity contribution in [2.45, 2.75) is 69.7 Å². The first-order chi connectivity index (χ1) is 10.3. The van der Waals surface area contributed by atoms with Crippen LogP contribution < -0.4 is 10.9 Å². The Morgan fingerprint density at radius 1 is 1.38 bits per heavy atom. The van der Waals surface area contributed by atoms with E-state index >= 15 is 0 Å². The maximum atomic E-state index is 12.6. The average molecular weight is 289 g/mol. The van der Waals surface area contributed by atoms with Crippen LogP contribution in [0.15, 0.2) is 11.1 Å². The Hall–Kier alpha value is -1.20. The van der Waals surface area contributed by atoms with Crippen LogP contribution in [0, 0.1) is 0 Å². The van der Waals surface area contributed by atoms with Gasteiger partial charge in [-0.3, -0.25) is 9.36 Å². The van der Waals surface area contributed by atoms with E-state index in [1.165, 1.54) is 25.7 Å². The van der Waals surface area contributed by atoms with Crippen molar-refractivity contribution in [2.75, 3.05) is 6.54 Å². The smallest absolute Gasteiger partial charge is 0.256 e. The summed E-state index contributed by atoms with van der Waals surface area (Å²) >= 11 is 0. The summed E-state index contributed by atoms with van der Waals surface area (Å²) in [4.78, 5) is 17.0. The van der Waals surface area contributed by atoms with Crippen molar-refractivity contribution in [1.29, 1.82) is 0 Å². The van der Waals surface area contributed by atoms with Gasteiger partial charge in [0.2, 0.25) is 0 Å². The summed E-state index contributed by atoms with van der Waals surface area (Å²) in [5.74, 6) is 0. The molecular weight excluding hydrogens is 266 g/mol. The fraction of sp³-hybridized carbons (Fsp3) is 0.750. The lowest BCUT2D eigenvalue weighted by atomic mass is 9.98. The molecule has 1 aromatic heterocycles. The number of nitrogens with zero attached hydrogens (tertiary/aromatic N) is 2. The number of rotatable bonds is 2. The van der Waals surface area contributed by atoms with Crippen molar-refractivity contribution in [2.24, 2.45) is 0 Å². The molecule has 0 aromatic carbocycles. The van der Waals surface area contributed by atoms with Crippen LogP contribution in [0.25, 0.3) is 0 Å². The molecule has 0 bridgehead atoms. The monoisotopic (exact) mass is 289 g/mol. The van der Waals surface area contributed by atoms with E-state index in [9.17, 15) is 4.79 Å². The van der Waals surface area contributed by atoms with Crippen LogP contribution >= 0.6 is 0 Å². The fourth-order valence-electron chi connectivity index (χ4n) is 4.15. The highest BCUT2D eigenvalue weighted by atomic mass is 16.5. The van der Waals surface area contributed by atoms with Gasteiger partial charge in [0.25, 0.3) is 5.56 Å². The van der Waals surface area contributed by atoms with Crippen molar-refractivity contribution in [3.8, 4) is 0 Å². The van der Waals surface area contributed by atoms with Gasteiger partial charge in [-0.1, -0.05) is 12.8 Å². The van der Waals surface area contributed by atoms with Crippen LogP contribution in [0.1, 0.15) is 49.8 Å². The molecule has 3 aliphatic rings. The molecule has 4 rings (SSSR count). The Balaban J connectivity index is 1.52. The molecule has 1 saturated carbocycles. The lowest BCUT2D eigenvalue weighted by Gasteiger charge is -2.24. The van der Waals surface area contributed by atoms with E-state index in [2.05, 4.69) is 10.3 Å². The number of nitrogens with one attached hydrogen (secondary N) is 1. The Bertz CT molecular complexity index is 590. The molecule has 1 atom stereocenters. The van der Waals surface area contributed by atoms with Crippen LogP contribution in [0.5, 0.6) is 0 Å². The predicted octanol–water partition coefficient (Wildman–Crippen LogP) is 1.38. The quantitative estimate of drug-likeness (QED) is 0.893.